The summed E-state index contributed by atoms with van der Waals surface area (Å²) in [5.41, 5.74) is 0. The Balaban J connectivity index is -0.000000162. The van der Waals surface area contributed by atoms with Gasteiger partial charge in [-0.15, -0.1) is 12.1 Å². The number of alkyl halides is 3. The Kier molecular flexibility index (Phi) is 26.5. The summed E-state index contributed by atoms with van der Waals surface area (Å²) in [6.07, 6.45) is -1.93. The second-order valence-electron chi connectivity index (χ2n) is 7.55. The van der Waals surface area contributed by atoms with Gasteiger partial charge < -0.3 is 30.7 Å². The van der Waals surface area contributed by atoms with E-state index >= 15 is 0 Å². The number of aliphatic hydroxyl groups excluding tert-OH is 1. The van der Waals surface area contributed by atoms with Gasteiger partial charge in [-0.3, -0.25) is 4.79 Å². The van der Waals surface area contributed by atoms with Crippen molar-refractivity contribution < 1.29 is 66.5 Å². The Morgan fingerprint density at radius 2 is 1.39 bits per heavy atom. The molecule has 2 rings (SSSR count). The molecule has 13 heteroatoms. The van der Waals surface area contributed by atoms with Crippen molar-refractivity contribution in [2.45, 2.75) is 97.6 Å². The van der Waals surface area contributed by atoms with Gasteiger partial charge in [-0.2, -0.15) is 13.2 Å². The third kappa shape index (κ3) is 35.4. The molecule has 0 aromatic carbocycles. The number of carbonyl (C=O) groups excluding carboxylic acids is 1. The number of carboxylic acids is 2. The van der Waals surface area contributed by atoms with E-state index in [1.54, 1.807) is 13.8 Å². The topological polar surface area (TPSA) is 147 Å². The minimum absolute atomic E-state index is 0. The maximum absolute atomic E-state index is 10.6. The number of hydrogen-bond acceptors (Lipinski definition) is 5. The average Bonchev–Trinajstić information content (AvgIpc) is 3.27. The van der Waals surface area contributed by atoms with Crippen molar-refractivity contribution in [1.82, 2.24) is 5.32 Å². The smallest absolute Gasteiger partial charge is 0.658 e. The quantitative estimate of drug-likeness (QED) is 0.424. The zero-order valence-electron chi connectivity index (χ0n) is 20.6. The van der Waals surface area contributed by atoms with Crippen LogP contribution in [0.25, 0.3) is 5.32 Å². The maximum atomic E-state index is 10.6. The molecule has 33 heavy (non-hydrogen) atoms. The van der Waals surface area contributed by atoms with Gasteiger partial charge >= 0.3 is 37.0 Å². The van der Waals surface area contributed by atoms with Crippen LogP contribution in [0.5, 0.6) is 0 Å². The first-order chi connectivity index (χ1) is 14.5. The molecule has 2 fully saturated rings. The third-order valence-electron chi connectivity index (χ3n) is 2.96. The standard InChI is InChI=1S/C6H14N.C5H7NO3.C4H8O.C3H8O.C2HF3O2.Li/c1-5(2)7-6(3)4;7-4-2-1-3(6-4)5(8)9;1-2-4-5-3-1;1-3(2)4;3-2(4,5)1(6)7;/h5-6H,1-4H3;3H,1-2H2,(H,6,7)(H,8,9);1-4H2;3-4H,1-2H3;(H,6,7);/q-1;;;;;+1/t;3-;;;;/m.0..../s1. The van der Waals surface area contributed by atoms with Gasteiger partial charge in [0.25, 0.3) is 0 Å². The summed E-state index contributed by atoms with van der Waals surface area (Å²) in [6, 6.07) is 0.359. The zero-order valence-corrected chi connectivity index (χ0v) is 20.6. The number of carbonyl (C=O) groups is 3. The Labute approximate surface area is 206 Å². The molecule has 0 spiro atoms. The van der Waals surface area contributed by atoms with Crippen molar-refractivity contribution >= 4 is 17.8 Å². The molecule has 0 radical (unpaired) electrons. The fourth-order valence-corrected chi connectivity index (χ4v) is 1.91. The number of ether oxygens (including phenoxy) is 1. The SMILES string of the molecule is C1CCOC1.CC(C)O.CC(C)[N-]C(C)C.O=C(O)C(F)(F)F.O=C1CC[C@@H](C(=O)O)N1.[Li+]. The first-order valence-corrected chi connectivity index (χ1v) is 10.3. The summed E-state index contributed by atoms with van der Waals surface area (Å²) in [6.45, 7) is 13.8. The van der Waals surface area contributed by atoms with Gasteiger partial charge in [0.05, 0.1) is 0 Å². The molecule has 2 aliphatic heterocycles. The minimum Gasteiger partial charge on any atom is -0.658 e. The Morgan fingerprint density at radius 1 is 1.03 bits per heavy atom. The van der Waals surface area contributed by atoms with Crippen LogP contribution >= 0.6 is 0 Å². The van der Waals surface area contributed by atoms with E-state index in [0.29, 0.717) is 24.9 Å². The monoisotopic (exact) mass is 482 g/mol. The summed E-state index contributed by atoms with van der Waals surface area (Å²) in [4.78, 5) is 29.4. The van der Waals surface area contributed by atoms with E-state index in [1.165, 1.54) is 12.8 Å². The second kappa shape index (κ2) is 22.5. The molecule has 192 valence electrons. The number of amides is 1. The molecule has 9 nitrogen and oxygen atoms in total. The van der Waals surface area contributed by atoms with E-state index in [2.05, 4.69) is 38.3 Å². The molecule has 1 amide bonds. The van der Waals surface area contributed by atoms with Crippen LogP contribution in [0, 0.1) is 0 Å². The van der Waals surface area contributed by atoms with E-state index in [4.69, 9.17) is 24.9 Å². The second-order valence-corrected chi connectivity index (χ2v) is 7.55. The number of hydrogen-bond donors (Lipinski definition) is 4. The summed E-state index contributed by atoms with van der Waals surface area (Å²) < 4.78 is 36.7. The van der Waals surface area contributed by atoms with Crippen molar-refractivity contribution in [3.8, 4) is 0 Å². The summed E-state index contributed by atoms with van der Waals surface area (Å²) in [5.74, 6) is -3.87. The molecule has 0 saturated carbocycles. The molecule has 0 aromatic rings. The van der Waals surface area contributed by atoms with Gasteiger partial charge in [0, 0.05) is 25.7 Å². The Bertz CT molecular complexity index is 500. The zero-order chi connectivity index (χ0) is 25.9. The van der Waals surface area contributed by atoms with Gasteiger partial charge in [0.1, 0.15) is 6.04 Å². The Morgan fingerprint density at radius 3 is 1.48 bits per heavy atom. The van der Waals surface area contributed by atoms with Crippen LogP contribution in [0.15, 0.2) is 0 Å². The number of carboxylic acid groups (broad SMARTS) is 2. The number of nitrogens with one attached hydrogen (secondary N) is 1. The maximum Gasteiger partial charge on any atom is 1.00 e. The van der Waals surface area contributed by atoms with Crippen LogP contribution in [0.2, 0.25) is 0 Å². The molecular formula is C20H38F3LiN2O7. The van der Waals surface area contributed by atoms with Crippen molar-refractivity contribution in [3.05, 3.63) is 5.32 Å². The number of nitrogens with zero attached hydrogens (tertiary/aromatic N) is 1. The largest absolute Gasteiger partial charge is 1.00 e. The predicted molar refractivity (Wildman–Crippen MR) is 114 cm³/mol. The number of halogens is 3. The molecule has 0 aromatic heterocycles. The number of rotatable bonds is 3. The number of aliphatic carboxylic acids is 2. The molecule has 2 saturated heterocycles. The van der Waals surface area contributed by atoms with E-state index in [1.807, 2.05) is 0 Å². The van der Waals surface area contributed by atoms with E-state index in [0.717, 1.165) is 13.2 Å². The normalized spacial score (nSPS) is 16.5. The van der Waals surface area contributed by atoms with Crippen LogP contribution in [0.1, 0.15) is 67.2 Å². The first-order valence-electron chi connectivity index (χ1n) is 10.3. The molecule has 2 aliphatic rings. The van der Waals surface area contributed by atoms with Crippen molar-refractivity contribution in [3.63, 3.8) is 0 Å². The van der Waals surface area contributed by atoms with Crippen LogP contribution < -0.4 is 24.2 Å². The fraction of sp³-hybridized carbons (Fsp3) is 0.850. The number of aliphatic hydroxyl groups is 1. The summed E-state index contributed by atoms with van der Waals surface area (Å²) in [7, 11) is 0. The molecule has 0 aliphatic carbocycles. The summed E-state index contributed by atoms with van der Waals surface area (Å²) >= 11 is 0. The molecule has 2 heterocycles. The van der Waals surface area contributed by atoms with Gasteiger partial charge in [0.15, 0.2) is 0 Å². The van der Waals surface area contributed by atoms with Gasteiger partial charge in [0.2, 0.25) is 5.91 Å². The molecule has 1 atom stereocenters. The minimum atomic E-state index is -5.08. The molecule has 0 unspecified atom stereocenters. The molecular weight excluding hydrogens is 444 g/mol. The average molecular weight is 482 g/mol. The van der Waals surface area contributed by atoms with Crippen LogP contribution in [0.4, 0.5) is 13.2 Å². The van der Waals surface area contributed by atoms with Crippen molar-refractivity contribution in [1.29, 1.82) is 0 Å². The Hall–Kier alpha value is -1.32. The van der Waals surface area contributed by atoms with Gasteiger partial charge in [-0.25, -0.2) is 9.59 Å². The van der Waals surface area contributed by atoms with Crippen LogP contribution in [-0.4, -0.2) is 76.8 Å². The van der Waals surface area contributed by atoms with Crippen LogP contribution in [-0.2, 0) is 19.1 Å². The van der Waals surface area contributed by atoms with Gasteiger partial charge in [-0.05, 0) is 33.1 Å². The summed E-state index contributed by atoms with van der Waals surface area (Å²) in [5, 5.41) is 30.1. The fourth-order valence-electron chi connectivity index (χ4n) is 1.91. The van der Waals surface area contributed by atoms with Crippen molar-refractivity contribution in [2.24, 2.45) is 0 Å². The van der Waals surface area contributed by atoms with E-state index in [9.17, 15) is 22.8 Å². The van der Waals surface area contributed by atoms with E-state index in [-0.39, 0.29) is 30.9 Å². The van der Waals surface area contributed by atoms with Crippen molar-refractivity contribution in [2.75, 3.05) is 13.2 Å². The third-order valence-corrected chi connectivity index (χ3v) is 2.96. The van der Waals surface area contributed by atoms with E-state index < -0.39 is 24.2 Å². The predicted octanol–water partition coefficient (Wildman–Crippen LogP) is 0.348. The van der Waals surface area contributed by atoms with Crippen LogP contribution in [0.3, 0.4) is 0 Å². The van der Waals surface area contributed by atoms with Gasteiger partial charge in [-0.1, -0.05) is 27.7 Å². The molecule has 4 N–H and O–H groups in total. The molecule has 0 bridgehead atoms. The first kappa shape index (κ1) is 38.9.